The van der Waals surface area contributed by atoms with Crippen molar-refractivity contribution in [2.24, 2.45) is 0 Å². The molecule has 0 aliphatic carbocycles. The first-order valence-electron chi connectivity index (χ1n) is 9.84. The summed E-state index contributed by atoms with van der Waals surface area (Å²) in [6.45, 7) is 12.8. The molecule has 1 aromatic heterocycles. The predicted octanol–water partition coefficient (Wildman–Crippen LogP) is 6.46. The highest BCUT2D eigenvalue weighted by Crippen LogP contribution is 2.40. The summed E-state index contributed by atoms with van der Waals surface area (Å²) in [6, 6.07) is 4.25. The molecular weight excluding hydrogens is 342 g/mol. The fraction of sp³-hybridized carbons (Fsp3) is 0.500. The van der Waals surface area contributed by atoms with Crippen LogP contribution in [0.25, 0.3) is 5.57 Å². The Morgan fingerprint density at radius 2 is 1.96 bits per heavy atom. The number of nitrogens with zero attached hydrogens (tertiary/aromatic N) is 3. The second-order valence-electron chi connectivity index (χ2n) is 7.16. The average Bonchev–Trinajstić information content (AvgIpc) is 3.13. The van der Waals surface area contributed by atoms with Crippen molar-refractivity contribution in [3.8, 4) is 0 Å². The molecule has 1 aromatic carbocycles. The molecule has 0 radical (unpaired) electrons. The number of anilines is 2. The number of aryl methyl sites for hydroxylation is 3. The number of fused-ring (bicyclic) bond motifs is 1. The zero-order chi connectivity index (χ0) is 18.8. The predicted molar refractivity (Wildman–Crippen MR) is 113 cm³/mol. The molecule has 3 rings (SSSR count). The Labute approximate surface area is 162 Å². The molecular formula is C22H30ClN3. The van der Waals surface area contributed by atoms with Crippen molar-refractivity contribution in [2.45, 2.75) is 66.8 Å². The molecule has 0 N–H and O–H groups in total. The summed E-state index contributed by atoms with van der Waals surface area (Å²) in [4.78, 5) is 7.35. The van der Waals surface area contributed by atoms with Gasteiger partial charge in [0, 0.05) is 13.1 Å². The number of aromatic nitrogens is 2. The Balaban J connectivity index is 2.12. The molecule has 0 fully saturated rings. The maximum atomic E-state index is 6.63. The summed E-state index contributed by atoms with van der Waals surface area (Å²) in [7, 11) is 0. The lowest BCUT2D eigenvalue weighted by Crippen LogP contribution is -2.16. The van der Waals surface area contributed by atoms with E-state index in [2.05, 4.69) is 62.3 Å². The fourth-order valence-corrected chi connectivity index (χ4v) is 4.53. The van der Waals surface area contributed by atoms with Crippen LogP contribution < -0.4 is 4.90 Å². The van der Waals surface area contributed by atoms with Gasteiger partial charge in [0.2, 0.25) is 5.95 Å². The van der Waals surface area contributed by atoms with Crippen molar-refractivity contribution in [1.29, 1.82) is 0 Å². The lowest BCUT2D eigenvalue weighted by molar-refractivity contribution is 0.776. The van der Waals surface area contributed by atoms with Gasteiger partial charge in [-0.2, -0.15) is 0 Å². The molecule has 140 valence electrons. The first-order chi connectivity index (χ1) is 12.5. The van der Waals surface area contributed by atoms with Gasteiger partial charge in [0.15, 0.2) is 0 Å². The van der Waals surface area contributed by atoms with Gasteiger partial charge in [0.25, 0.3) is 0 Å². The van der Waals surface area contributed by atoms with Gasteiger partial charge in [-0.25, -0.2) is 4.98 Å². The van der Waals surface area contributed by atoms with Crippen LogP contribution in [0.2, 0.25) is 5.02 Å². The summed E-state index contributed by atoms with van der Waals surface area (Å²) in [6.07, 6.45) is 6.65. The molecule has 0 amide bonds. The van der Waals surface area contributed by atoms with Crippen LogP contribution in [0, 0.1) is 13.8 Å². The van der Waals surface area contributed by atoms with Crippen LogP contribution in [0.15, 0.2) is 18.2 Å². The van der Waals surface area contributed by atoms with Crippen molar-refractivity contribution in [1.82, 2.24) is 9.55 Å². The van der Waals surface area contributed by atoms with E-state index in [4.69, 9.17) is 16.6 Å². The van der Waals surface area contributed by atoms with E-state index in [-0.39, 0.29) is 0 Å². The molecule has 0 atom stereocenters. The van der Waals surface area contributed by atoms with Crippen LogP contribution >= 0.6 is 11.6 Å². The van der Waals surface area contributed by atoms with Crippen molar-refractivity contribution in [2.75, 3.05) is 11.4 Å². The molecule has 0 bridgehead atoms. The van der Waals surface area contributed by atoms with Crippen molar-refractivity contribution in [3.05, 3.63) is 45.7 Å². The Kier molecular flexibility index (Phi) is 5.76. The first kappa shape index (κ1) is 19.0. The van der Waals surface area contributed by atoms with E-state index in [0.717, 1.165) is 55.4 Å². The van der Waals surface area contributed by atoms with Gasteiger partial charge in [-0.05, 0) is 55.9 Å². The number of allylic oxidation sites excluding steroid dienone is 2. The highest BCUT2D eigenvalue weighted by atomic mass is 35.5. The second-order valence-corrected chi connectivity index (χ2v) is 7.57. The number of hydrogen-bond acceptors (Lipinski definition) is 2. The molecule has 0 spiro atoms. The van der Waals surface area contributed by atoms with Gasteiger partial charge in [0.1, 0.15) is 0 Å². The monoisotopic (exact) mass is 371 g/mol. The number of benzene rings is 1. The summed E-state index contributed by atoms with van der Waals surface area (Å²) in [5, 5.41) is 0.816. The van der Waals surface area contributed by atoms with E-state index in [1.54, 1.807) is 0 Å². The summed E-state index contributed by atoms with van der Waals surface area (Å²) in [5.41, 5.74) is 7.51. The van der Waals surface area contributed by atoms with Crippen LogP contribution in [-0.4, -0.2) is 16.1 Å². The largest absolute Gasteiger partial charge is 0.308 e. The number of hydrogen-bond donors (Lipinski definition) is 0. The summed E-state index contributed by atoms with van der Waals surface area (Å²) in [5.74, 6) is 1.05. The van der Waals surface area contributed by atoms with Gasteiger partial charge in [-0.3, -0.25) is 0 Å². The van der Waals surface area contributed by atoms with Crippen LogP contribution in [0.3, 0.4) is 0 Å². The highest BCUT2D eigenvalue weighted by Gasteiger charge is 2.30. The Hall–Kier alpha value is -1.74. The van der Waals surface area contributed by atoms with E-state index >= 15 is 0 Å². The average molecular weight is 372 g/mol. The molecule has 2 aromatic rings. The Morgan fingerprint density at radius 3 is 2.58 bits per heavy atom. The normalized spacial score (nSPS) is 14.2. The lowest BCUT2D eigenvalue weighted by atomic mass is 10.0. The topological polar surface area (TPSA) is 21.1 Å². The van der Waals surface area contributed by atoms with E-state index < -0.39 is 0 Å². The van der Waals surface area contributed by atoms with E-state index in [0.29, 0.717) is 0 Å². The number of imidazole rings is 1. The molecule has 2 heterocycles. The van der Waals surface area contributed by atoms with Gasteiger partial charge >= 0.3 is 0 Å². The van der Waals surface area contributed by atoms with Gasteiger partial charge in [-0.15, -0.1) is 0 Å². The standard InChI is InChI=1S/C22H30ClN3/c1-6-9-17(10-7-2)21-19(8-3)24-22-25(11-12-26(21)22)20-16(5)13-15(4)14-18(20)23/h9,13-14H,6-8,10-12H2,1-5H3/b17-9-. The van der Waals surface area contributed by atoms with Crippen LogP contribution in [-0.2, 0) is 13.0 Å². The lowest BCUT2D eigenvalue weighted by Gasteiger charge is -2.20. The first-order valence-corrected chi connectivity index (χ1v) is 10.2. The minimum atomic E-state index is 0.816. The third-order valence-corrected chi connectivity index (χ3v) is 5.37. The van der Waals surface area contributed by atoms with Gasteiger partial charge in [-0.1, -0.05) is 50.9 Å². The molecule has 0 saturated carbocycles. The van der Waals surface area contributed by atoms with Crippen LogP contribution in [0.5, 0.6) is 0 Å². The number of rotatable bonds is 6. The third kappa shape index (κ3) is 3.29. The minimum absolute atomic E-state index is 0.816. The van der Waals surface area contributed by atoms with Crippen molar-refractivity contribution < 1.29 is 0 Å². The molecule has 0 unspecified atom stereocenters. The van der Waals surface area contributed by atoms with E-state index in [1.807, 2.05) is 0 Å². The quantitative estimate of drug-likeness (QED) is 0.580. The maximum Gasteiger partial charge on any atom is 0.210 e. The Bertz CT molecular complexity index is 809. The van der Waals surface area contributed by atoms with Crippen LogP contribution in [0.1, 0.15) is 62.5 Å². The molecule has 26 heavy (non-hydrogen) atoms. The molecule has 1 aliphatic rings. The van der Waals surface area contributed by atoms with E-state index in [1.165, 1.54) is 28.1 Å². The summed E-state index contributed by atoms with van der Waals surface area (Å²) < 4.78 is 2.41. The molecule has 3 nitrogen and oxygen atoms in total. The smallest absolute Gasteiger partial charge is 0.210 e. The van der Waals surface area contributed by atoms with Crippen molar-refractivity contribution >= 4 is 28.8 Å². The minimum Gasteiger partial charge on any atom is -0.308 e. The number of halogens is 1. The van der Waals surface area contributed by atoms with Gasteiger partial charge in [0.05, 0.1) is 22.1 Å². The summed E-state index contributed by atoms with van der Waals surface area (Å²) >= 11 is 6.63. The third-order valence-electron chi connectivity index (χ3n) is 5.09. The fourth-order valence-electron chi connectivity index (χ4n) is 4.11. The Morgan fingerprint density at radius 1 is 1.19 bits per heavy atom. The van der Waals surface area contributed by atoms with E-state index in [9.17, 15) is 0 Å². The highest BCUT2D eigenvalue weighted by molar-refractivity contribution is 6.33. The van der Waals surface area contributed by atoms with Gasteiger partial charge < -0.3 is 9.47 Å². The molecule has 1 aliphatic heterocycles. The zero-order valence-corrected chi connectivity index (χ0v) is 17.5. The van der Waals surface area contributed by atoms with Crippen LogP contribution in [0.4, 0.5) is 11.6 Å². The maximum absolute atomic E-state index is 6.63. The SMILES string of the molecule is CC/C=C(/CCC)c1c(CC)nc2n1CCN2c1c(C)cc(C)cc1Cl. The zero-order valence-electron chi connectivity index (χ0n) is 16.7. The second kappa shape index (κ2) is 7.87. The molecule has 0 saturated heterocycles. The van der Waals surface area contributed by atoms with Crippen molar-refractivity contribution in [3.63, 3.8) is 0 Å². The molecule has 4 heteroatoms.